The molecule has 0 spiro atoms. The fourth-order valence-electron chi connectivity index (χ4n) is 4.28. The second kappa shape index (κ2) is 10.1. The van der Waals surface area contributed by atoms with E-state index in [1.54, 1.807) is 17.4 Å². The summed E-state index contributed by atoms with van der Waals surface area (Å²) in [7, 11) is 1.97. The van der Waals surface area contributed by atoms with E-state index in [0.717, 1.165) is 46.6 Å². The standard InChI is InChI=1S/C27H28N6O3/c1-4-26(34)33-11-9-20(10-12-33)35-25-15-28-16-29-27(25)31-19-5-8-24(18(2)13-19)36-21-6-7-23-22(14-21)30-17-32(23)3/h4-8,13-17,20H,1,9-12H2,2-3H3,(H,28,29,31). The maximum absolute atomic E-state index is 11.8. The molecule has 1 saturated heterocycles. The van der Waals surface area contributed by atoms with Gasteiger partial charge in [0.1, 0.15) is 23.9 Å². The van der Waals surface area contributed by atoms with Crippen LogP contribution in [0.25, 0.3) is 11.0 Å². The predicted molar refractivity (Wildman–Crippen MR) is 138 cm³/mol. The van der Waals surface area contributed by atoms with E-state index in [1.807, 2.05) is 54.9 Å². The van der Waals surface area contributed by atoms with Gasteiger partial charge in [-0.1, -0.05) is 6.58 Å². The van der Waals surface area contributed by atoms with E-state index in [4.69, 9.17) is 9.47 Å². The topological polar surface area (TPSA) is 94.4 Å². The zero-order chi connectivity index (χ0) is 25.1. The van der Waals surface area contributed by atoms with Crippen LogP contribution in [0.15, 0.2) is 67.9 Å². The van der Waals surface area contributed by atoms with Gasteiger partial charge in [-0.3, -0.25) is 4.79 Å². The summed E-state index contributed by atoms with van der Waals surface area (Å²) in [6, 6.07) is 11.7. The third-order valence-electron chi connectivity index (χ3n) is 6.26. The largest absolute Gasteiger partial charge is 0.485 e. The summed E-state index contributed by atoms with van der Waals surface area (Å²) in [5.74, 6) is 2.61. The minimum Gasteiger partial charge on any atom is -0.485 e. The first-order valence-corrected chi connectivity index (χ1v) is 11.8. The fraction of sp³-hybridized carbons (Fsp3) is 0.259. The maximum atomic E-state index is 11.8. The molecule has 1 fully saturated rings. The quantitative estimate of drug-likeness (QED) is 0.378. The molecule has 1 aliphatic rings. The number of benzene rings is 2. The van der Waals surface area contributed by atoms with Crippen LogP contribution in [0.4, 0.5) is 11.5 Å². The molecule has 0 radical (unpaired) electrons. The zero-order valence-corrected chi connectivity index (χ0v) is 20.3. The van der Waals surface area contributed by atoms with E-state index in [2.05, 4.69) is 26.8 Å². The van der Waals surface area contributed by atoms with Gasteiger partial charge in [0.15, 0.2) is 11.6 Å². The van der Waals surface area contributed by atoms with Gasteiger partial charge in [-0.05, 0) is 48.9 Å². The number of rotatable bonds is 7. The van der Waals surface area contributed by atoms with Crippen molar-refractivity contribution in [2.75, 3.05) is 18.4 Å². The smallest absolute Gasteiger partial charge is 0.245 e. The molecular weight excluding hydrogens is 456 g/mol. The highest BCUT2D eigenvalue weighted by Gasteiger charge is 2.23. The number of piperidine rings is 1. The summed E-state index contributed by atoms with van der Waals surface area (Å²) in [6.07, 6.45) is 7.75. The molecule has 2 aromatic heterocycles. The lowest BCUT2D eigenvalue weighted by Gasteiger charge is -2.31. The summed E-state index contributed by atoms with van der Waals surface area (Å²) < 4.78 is 14.3. The van der Waals surface area contributed by atoms with Crippen LogP contribution in [0.1, 0.15) is 18.4 Å². The molecule has 0 saturated carbocycles. The van der Waals surface area contributed by atoms with Gasteiger partial charge in [0.2, 0.25) is 5.91 Å². The molecule has 9 heteroatoms. The Hall–Kier alpha value is -4.40. The van der Waals surface area contributed by atoms with Crippen LogP contribution in [0.2, 0.25) is 0 Å². The SMILES string of the molecule is C=CC(=O)N1CCC(Oc2cncnc2Nc2ccc(Oc3ccc4c(c3)ncn4C)c(C)c2)CC1. The number of amides is 1. The van der Waals surface area contributed by atoms with Crippen LogP contribution in [-0.4, -0.2) is 49.5 Å². The Morgan fingerprint density at radius 2 is 1.97 bits per heavy atom. The lowest BCUT2D eigenvalue weighted by atomic mass is 10.1. The minimum atomic E-state index is -0.0427. The van der Waals surface area contributed by atoms with Crippen molar-refractivity contribution in [3.05, 3.63) is 73.5 Å². The molecule has 1 aliphatic heterocycles. The highest BCUT2D eigenvalue weighted by Crippen LogP contribution is 2.32. The van der Waals surface area contributed by atoms with E-state index in [1.165, 1.54) is 12.4 Å². The van der Waals surface area contributed by atoms with Gasteiger partial charge in [-0.2, -0.15) is 0 Å². The molecule has 5 rings (SSSR count). The van der Waals surface area contributed by atoms with E-state index in [-0.39, 0.29) is 12.0 Å². The van der Waals surface area contributed by atoms with Gasteiger partial charge in [0.25, 0.3) is 0 Å². The minimum absolute atomic E-state index is 0.0145. The van der Waals surface area contributed by atoms with Crippen molar-refractivity contribution >= 4 is 28.4 Å². The highest BCUT2D eigenvalue weighted by atomic mass is 16.5. The number of hydrogen-bond acceptors (Lipinski definition) is 7. The van der Waals surface area contributed by atoms with E-state index in [9.17, 15) is 4.79 Å². The number of anilines is 2. The molecule has 184 valence electrons. The Kier molecular flexibility index (Phi) is 6.53. The molecule has 9 nitrogen and oxygen atoms in total. The first kappa shape index (κ1) is 23.3. The predicted octanol–water partition coefficient (Wildman–Crippen LogP) is 4.76. The Balaban J connectivity index is 1.25. The van der Waals surface area contributed by atoms with Crippen LogP contribution < -0.4 is 14.8 Å². The summed E-state index contributed by atoms with van der Waals surface area (Å²) in [5, 5.41) is 3.33. The lowest BCUT2D eigenvalue weighted by Crippen LogP contribution is -2.41. The van der Waals surface area contributed by atoms with Crippen molar-refractivity contribution in [3.63, 3.8) is 0 Å². The molecule has 1 amide bonds. The number of fused-ring (bicyclic) bond motifs is 1. The zero-order valence-electron chi connectivity index (χ0n) is 20.3. The third-order valence-corrected chi connectivity index (χ3v) is 6.26. The lowest BCUT2D eigenvalue weighted by molar-refractivity contribution is -0.127. The molecular formula is C27H28N6O3. The molecule has 3 heterocycles. The van der Waals surface area contributed by atoms with Crippen LogP contribution in [-0.2, 0) is 11.8 Å². The number of carbonyl (C=O) groups excluding carboxylic acids is 1. The number of likely N-dealkylation sites (tertiary alicyclic amines) is 1. The monoisotopic (exact) mass is 484 g/mol. The van der Waals surface area contributed by atoms with Crippen LogP contribution >= 0.6 is 0 Å². The summed E-state index contributed by atoms with van der Waals surface area (Å²) in [6.45, 7) is 6.83. The second-order valence-corrected chi connectivity index (χ2v) is 8.80. The first-order chi connectivity index (χ1) is 17.5. The van der Waals surface area contributed by atoms with E-state index < -0.39 is 0 Å². The summed E-state index contributed by atoms with van der Waals surface area (Å²) >= 11 is 0. The number of nitrogens with one attached hydrogen (secondary N) is 1. The Morgan fingerprint density at radius 3 is 2.75 bits per heavy atom. The molecule has 1 N–H and O–H groups in total. The number of carbonyl (C=O) groups is 1. The molecule has 0 unspecified atom stereocenters. The van der Waals surface area contributed by atoms with Crippen molar-refractivity contribution in [1.29, 1.82) is 0 Å². The number of ether oxygens (including phenoxy) is 2. The first-order valence-electron chi connectivity index (χ1n) is 11.8. The molecule has 4 aromatic rings. The molecule has 0 atom stereocenters. The molecule has 0 aliphatic carbocycles. The maximum Gasteiger partial charge on any atom is 0.245 e. The number of aromatic nitrogens is 4. The van der Waals surface area contributed by atoms with Crippen LogP contribution in [0.3, 0.4) is 0 Å². The van der Waals surface area contributed by atoms with Gasteiger partial charge in [-0.25, -0.2) is 15.0 Å². The molecule has 2 aromatic carbocycles. The van der Waals surface area contributed by atoms with Crippen LogP contribution in [0.5, 0.6) is 17.2 Å². The average Bonchev–Trinajstić information content (AvgIpc) is 3.26. The Bertz CT molecular complexity index is 1410. The average molecular weight is 485 g/mol. The third kappa shape index (κ3) is 5.00. The Morgan fingerprint density at radius 1 is 1.14 bits per heavy atom. The van der Waals surface area contributed by atoms with Gasteiger partial charge in [0.05, 0.1) is 23.6 Å². The normalized spacial score (nSPS) is 14.0. The molecule has 0 bridgehead atoms. The van der Waals surface area contributed by atoms with Gasteiger partial charge >= 0.3 is 0 Å². The van der Waals surface area contributed by atoms with Crippen molar-refractivity contribution < 1.29 is 14.3 Å². The van der Waals surface area contributed by atoms with E-state index >= 15 is 0 Å². The summed E-state index contributed by atoms with van der Waals surface area (Å²) in [4.78, 5) is 26.5. The number of aryl methyl sites for hydroxylation is 2. The highest BCUT2D eigenvalue weighted by molar-refractivity contribution is 5.87. The van der Waals surface area contributed by atoms with Gasteiger partial charge in [-0.15, -0.1) is 0 Å². The number of hydrogen-bond donors (Lipinski definition) is 1. The van der Waals surface area contributed by atoms with Crippen LogP contribution in [0, 0.1) is 6.92 Å². The van der Waals surface area contributed by atoms with Crippen molar-refractivity contribution in [3.8, 4) is 17.2 Å². The fourth-order valence-corrected chi connectivity index (χ4v) is 4.28. The Labute approximate surface area is 209 Å². The number of nitrogens with zero attached hydrogens (tertiary/aromatic N) is 5. The van der Waals surface area contributed by atoms with Gasteiger partial charge in [0, 0.05) is 44.7 Å². The van der Waals surface area contributed by atoms with E-state index in [0.29, 0.717) is 24.7 Å². The van der Waals surface area contributed by atoms with Gasteiger partial charge < -0.3 is 24.3 Å². The molecule has 36 heavy (non-hydrogen) atoms. The van der Waals surface area contributed by atoms with Crippen molar-refractivity contribution in [2.45, 2.75) is 25.9 Å². The van der Waals surface area contributed by atoms with Crippen molar-refractivity contribution in [1.82, 2.24) is 24.4 Å². The number of imidazole rings is 1. The second-order valence-electron chi connectivity index (χ2n) is 8.80. The van der Waals surface area contributed by atoms with Crippen molar-refractivity contribution in [2.24, 2.45) is 7.05 Å². The summed E-state index contributed by atoms with van der Waals surface area (Å²) in [5.41, 5.74) is 3.77.